The number of aromatic amines is 1. The third-order valence-corrected chi connectivity index (χ3v) is 6.26. The molecule has 0 aromatic carbocycles. The van der Waals surface area contributed by atoms with Gasteiger partial charge >= 0.3 is 0 Å². The van der Waals surface area contributed by atoms with Gasteiger partial charge in [0, 0.05) is 19.0 Å². The number of hydrogen-bond acceptors (Lipinski definition) is 3. The second-order valence-corrected chi connectivity index (χ2v) is 7.44. The van der Waals surface area contributed by atoms with E-state index in [9.17, 15) is 4.79 Å². The summed E-state index contributed by atoms with van der Waals surface area (Å²) < 4.78 is 0. The Morgan fingerprint density at radius 1 is 0.950 bits per heavy atom. The van der Waals surface area contributed by atoms with Crippen molar-refractivity contribution in [1.82, 2.24) is 15.3 Å². The maximum absolute atomic E-state index is 12.2. The molecular weight excluding hydrogens is 250 g/mol. The first-order valence-electron chi connectivity index (χ1n) is 8.10. The highest BCUT2D eigenvalue weighted by Crippen LogP contribution is 2.59. The monoisotopic (exact) mass is 271 g/mol. The van der Waals surface area contributed by atoms with Gasteiger partial charge in [-0.2, -0.15) is 0 Å². The number of fused-ring (bicyclic) bond motifs is 1. The Bertz CT molecular complexity index is 593. The molecule has 5 aliphatic rings. The van der Waals surface area contributed by atoms with Crippen LogP contribution in [0.25, 0.3) is 0 Å². The molecule has 4 aliphatic carbocycles. The maximum atomic E-state index is 12.2. The summed E-state index contributed by atoms with van der Waals surface area (Å²) in [5.74, 6) is 5.03. The molecule has 1 aromatic heterocycles. The van der Waals surface area contributed by atoms with Crippen molar-refractivity contribution in [2.75, 3.05) is 0 Å². The van der Waals surface area contributed by atoms with Crippen molar-refractivity contribution in [1.29, 1.82) is 0 Å². The Morgan fingerprint density at radius 2 is 1.65 bits per heavy atom. The first-order valence-corrected chi connectivity index (χ1v) is 8.10. The van der Waals surface area contributed by atoms with E-state index >= 15 is 0 Å². The summed E-state index contributed by atoms with van der Waals surface area (Å²) in [5.41, 5.74) is 1.96. The van der Waals surface area contributed by atoms with Gasteiger partial charge in [0.2, 0.25) is 0 Å². The highest BCUT2D eigenvalue weighted by atomic mass is 16.1. The van der Waals surface area contributed by atoms with Crippen LogP contribution >= 0.6 is 0 Å². The van der Waals surface area contributed by atoms with Crippen LogP contribution in [-0.4, -0.2) is 9.97 Å². The Morgan fingerprint density at radius 3 is 2.35 bits per heavy atom. The number of rotatable bonds is 1. The largest absolute Gasteiger partial charge is 0.310 e. The minimum Gasteiger partial charge on any atom is -0.310 e. The third-order valence-electron chi connectivity index (χ3n) is 6.26. The van der Waals surface area contributed by atoms with Crippen LogP contribution in [0.1, 0.15) is 55.1 Å². The van der Waals surface area contributed by atoms with E-state index in [0.29, 0.717) is 12.5 Å². The molecule has 2 N–H and O–H groups in total. The van der Waals surface area contributed by atoms with Gasteiger partial charge in [-0.15, -0.1) is 0 Å². The molecular formula is C16H21N3O. The molecule has 4 fully saturated rings. The highest BCUT2D eigenvalue weighted by molar-refractivity contribution is 5.23. The molecule has 20 heavy (non-hydrogen) atoms. The topological polar surface area (TPSA) is 57.8 Å². The lowest BCUT2D eigenvalue weighted by molar-refractivity contribution is -0.00579. The maximum Gasteiger partial charge on any atom is 0.255 e. The van der Waals surface area contributed by atoms with Gasteiger partial charge in [-0.05, 0) is 55.8 Å². The van der Waals surface area contributed by atoms with E-state index in [0.717, 1.165) is 47.3 Å². The first-order chi connectivity index (χ1) is 9.78. The van der Waals surface area contributed by atoms with E-state index in [1.54, 1.807) is 0 Å². The van der Waals surface area contributed by atoms with E-state index in [-0.39, 0.29) is 5.56 Å². The molecule has 4 saturated carbocycles. The van der Waals surface area contributed by atoms with Crippen LogP contribution in [-0.2, 0) is 13.1 Å². The summed E-state index contributed by atoms with van der Waals surface area (Å²) in [5, 5.41) is 3.24. The molecule has 0 amide bonds. The molecule has 0 saturated heterocycles. The number of H-pyrrole nitrogens is 1. The summed E-state index contributed by atoms with van der Waals surface area (Å²) in [7, 11) is 0. The second-order valence-electron chi connectivity index (χ2n) is 7.44. The molecule has 106 valence electrons. The van der Waals surface area contributed by atoms with Gasteiger partial charge in [0.1, 0.15) is 5.82 Å². The zero-order valence-electron chi connectivity index (χ0n) is 11.7. The molecule has 4 heteroatoms. The van der Waals surface area contributed by atoms with Gasteiger partial charge in [-0.3, -0.25) is 4.79 Å². The van der Waals surface area contributed by atoms with Crippen molar-refractivity contribution in [2.45, 2.75) is 51.1 Å². The highest BCUT2D eigenvalue weighted by Gasteiger charge is 2.49. The molecule has 2 heterocycles. The summed E-state index contributed by atoms with van der Waals surface area (Å²) in [6.07, 6.45) is 6.96. The van der Waals surface area contributed by atoms with Crippen LogP contribution in [0.5, 0.6) is 0 Å². The quantitative estimate of drug-likeness (QED) is 0.820. The number of aromatic nitrogens is 2. The number of hydrogen-bond donors (Lipinski definition) is 2. The lowest BCUT2D eigenvalue weighted by Gasteiger charge is -2.54. The predicted octanol–water partition coefficient (Wildman–Crippen LogP) is 1.91. The van der Waals surface area contributed by atoms with Gasteiger partial charge in [-0.1, -0.05) is 0 Å². The van der Waals surface area contributed by atoms with Crippen molar-refractivity contribution < 1.29 is 0 Å². The van der Waals surface area contributed by atoms with Gasteiger partial charge in [-0.25, -0.2) is 4.98 Å². The molecule has 0 spiro atoms. The van der Waals surface area contributed by atoms with E-state index in [2.05, 4.69) is 10.3 Å². The Labute approximate surface area is 118 Å². The lowest BCUT2D eigenvalue weighted by atomic mass is 9.51. The molecule has 6 rings (SSSR count). The van der Waals surface area contributed by atoms with Crippen molar-refractivity contribution in [3.63, 3.8) is 0 Å². The second kappa shape index (κ2) is 3.94. The normalized spacial score (nSPS) is 41.1. The third kappa shape index (κ3) is 1.51. The molecule has 1 aliphatic heterocycles. The van der Waals surface area contributed by atoms with Gasteiger partial charge in [0.25, 0.3) is 5.56 Å². The van der Waals surface area contributed by atoms with Crippen LogP contribution < -0.4 is 10.9 Å². The summed E-state index contributed by atoms with van der Waals surface area (Å²) in [6, 6.07) is 0. The molecule has 4 bridgehead atoms. The molecule has 0 atom stereocenters. The van der Waals surface area contributed by atoms with Crippen molar-refractivity contribution in [3.8, 4) is 0 Å². The average Bonchev–Trinajstić information content (AvgIpc) is 2.86. The number of nitrogens with zero attached hydrogens (tertiary/aromatic N) is 1. The molecule has 0 unspecified atom stereocenters. The fraction of sp³-hybridized carbons (Fsp3) is 0.750. The molecule has 1 aromatic rings. The minimum atomic E-state index is 0.101. The lowest BCUT2D eigenvalue weighted by Crippen LogP contribution is -2.44. The van der Waals surface area contributed by atoms with Gasteiger partial charge in [0.05, 0.1) is 11.3 Å². The van der Waals surface area contributed by atoms with Crippen LogP contribution in [0.2, 0.25) is 0 Å². The Hall–Kier alpha value is -1.16. The zero-order valence-corrected chi connectivity index (χ0v) is 11.7. The summed E-state index contributed by atoms with van der Waals surface area (Å²) in [4.78, 5) is 20.2. The van der Waals surface area contributed by atoms with Gasteiger partial charge in [0.15, 0.2) is 0 Å². The SMILES string of the molecule is O=c1[nH]c(C2C3CC4CC(C3)CC2C4)nc2c1CNC2. The fourth-order valence-corrected chi connectivity index (χ4v) is 5.73. The van der Waals surface area contributed by atoms with E-state index in [1.165, 1.54) is 32.1 Å². The average molecular weight is 271 g/mol. The van der Waals surface area contributed by atoms with Crippen LogP contribution in [0.3, 0.4) is 0 Å². The zero-order chi connectivity index (χ0) is 13.3. The van der Waals surface area contributed by atoms with Crippen LogP contribution in [0.4, 0.5) is 0 Å². The standard InChI is InChI=1S/C16H21N3O/c20-16-12-6-17-7-13(12)18-15(19-16)14-10-2-8-1-9(4-10)5-11(14)3-8/h8-11,14,17H,1-7H2,(H,18,19,20). The Balaban J connectivity index is 1.57. The first kappa shape index (κ1) is 11.5. The molecule has 0 radical (unpaired) electrons. The van der Waals surface area contributed by atoms with E-state index < -0.39 is 0 Å². The summed E-state index contributed by atoms with van der Waals surface area (Å²) in [6.45, 7) is 1.44. The predicted molar refractivity (Wildman–Crippen MR) is 75.2 cm³/mol. The van der Waals surface area contributed by atoms with E-state index in [1.807, 2.05) is 0 Å². The van der Waals surface area contributed by atoms with Crippen molar-refractivity contribution in [3.05, 3.63) is 27.4 Å². The van der Waals surface area contributed by atoms with Crippen molar-refractivity contribution in [2.24, 2.45) is 23.7 Å². The Kier molecular flexibility index (Phi) is 2.26. The smallest absolute Gasteiger partial charge is 0.255 e. The van der Waals surface area contributed by atoms with Gasteiger partial charge < -0.3 is 10.3 Å². The van der Waals surface area contributed by atoms with Crippen LogP contribution in [0, 0.1) is 23.7 Å². The summed E-state index contributed by atoms with van der Waals surface area (Å²) >= 11 is 0. The minimum absolute atomic E-state index is 0.101. The fourth-order valence-electron chi connectivity index (χ4n) is 5.73. The molecule has 4 nitrogen and oxygen atoms in total. The van der Waals surface area contributed by atoms with Crippen LogP contribution in [0.15, 0.2) is 4.79 Å². The number of nitrogens with one attached hydrogen (secondary N) is 2. The van der Waals surface area contributed by atoms with Crippen molar-refractivity contribution >= 4 is 0 Å². The van der Waals surface area contributed by atoms with E-state index in [4.69, 9.17) is 4.98 Å².